The molecule has 0 aliphatic heterocycles. The van der Waals surface area contributed by atoms with Gasteiger partial charge >= 0.3 is 6.36 Å². The van der Waals surface area contributed by atoms with Crippen LogP contribution in [0.5, 0.6) is 5.75 Å². The summed E-state index contributed by atoms with van der Waals surface area (Å²) in [5, 5.41) is 3.05. The van der Waals surface area contributed by atoms with E-state index >= 15 is 0 Å². The first kappa shape index (κ1) is 14.2. The maximum atomic E-state index is 12.1. The summed E-state index contributed by atoms with van der Waals surface area (Å²) in [7, 11) is 0. The van der Waals surface area contributed by atoms with Crippen LogP contribution in [0.25, 0.3) is 0 Å². The average Bonchev–Trinajstić information content (AvgIpc) is 2.86. The highest BCUT2D eigenvalue weighted by Crippen LogP contribution is 2.24. The van der Waals surface area contributed by atoms with Gasteiger partial charge in [0.2, 0.25) is 0 Å². The molecule has 1 aromatic carbocycles. The van der Waals surface area contributed by atoms with Crippen molar-refractivity contribution in [2.75, 3.05) is 11.9 Å². The lowest BCUT2D eigenvalue weighted by Crippen LogP contribution is -2.17. The van der Waals surface area contributed by atoms with E-state index in [1.807, 2.05) is 10.8 Å². The van der Waals surface area contributed by atoms with Gasteiger partial charge < -0.3 is 14.6 Å². The summed E-state index contributed by atoms with van der Waals surface area (Å²) < 4.78 is 42.0. The zero-order chi connectivity index (χ0) is 14.4. The number of hydrogen-bond donors (Lipinski definition) is 1. The SMILES string of the molecule is FC(F)(F)Oc1cccc(NCCCn2ccnc2)c1. The van der Waals surface area contributed by atoms with Crippen molar-refractivity contribution in [3.8, 4) is 5.75 Å². The van der Waals surface area contributed by atoms with Gasteiger partial charge in [-0.25, -0.2) is 4.98 Å². The Kier molecular flexibility index (Phi) is 4.49. The van der Waals surface area contributed by atoms with E-state index in [9.17, 15) is 13.2 Å². The molecule has 7 heteroatoms. The van der Waals surface area contributed by atoms with Crippen molar-refractivity contribution in [1.29, 1.82) is 0 Å². The van der Waals surface area contributed by atoms with Gasteiger partial charge in [-0.15, -0.1) is 13.2 Å². The molecular weight excluding hydrogens is 271 g/mol. The predicted molar refractivity (Wildman–Crippen MR) is 68.5 cm³/mol. The summed E-state index contributed by atoms with van der Waals surface area (Å²) >= 11 is 0. The minimum atomic E-state index is -4.67. The van der Waals surface area contributed by atoms with E-state index in [1.54, 1.807) is 18.6 Å². The van der Waals surface area contributed by atoms with Crippen LogP contribution in [0.3, 0.4) is 0 Å². The number of halogens is 3. The second kappa shape index (κ2) is 6.31. The standard InChI is InChI=1S/C13H14F3N3O/c14-13(15,16)20-12-4-1-3-11(9-12)18-5-2-7-19-8-6-17-10-19/h1,3-4,6,8-10,18H,2,5,7H2. The van der Waals surface area contributed by atoms with E-state index in [0.717, 1.165) is 13.0 Å². The normalized spacial score (nSPS) is 11.3. The summed E-state index contributed by atoms with van der Waals surface area (Å²) in [5.74, 6) is -0.225. The molecule has 0 atom stereocenters. The van der Waals surface area contributed by atoms with E-state index in [2.05, 4.69) is 15.0 Å². The number of rotatable bonds is 6. The number of nitrogens with one attached hydrogen (secondary N) is 1. The molecular formula is C13H14F3N3O. The van der Waals surface area contributed by atoms with Crippen molar-refractivity contribution in [3.63, 3.8) is 0 Å². The van der Waals surface area contributed by atoms with Crippen molar-refractivity contribution in [3.05, 3.63) is 43.0 Å². The fraction of sp³-hybridized carbons (Fsp3) is 0.308. The van der Waals surface area contributed by atoms with Gasteiger partial charge in [-0.05, 0) is 18.6 Å². The first-order chi connectivity index (χ1) is 9.53. The minimum Gasteiger partial charge on any atom is -0.406 e. The molecule has 1 heterocycles. The highest BCUT2D eigenvalue weighted by atomic mass is 19.4. The fourth-order valence-electron chi connectivity index (χ4n) is 1.72. The second-order valence-corrected chi connectivity index (χ2v) is 4.16. The molecule has 0 spiro atoms. The number of aryl methyl sites for hydroxylation is 1. The molecule has 4 nitrogen and oxygen atoms in total. The molecule has 108 valence electrons. The lowest BCUT2D eigenvalue weighted by molar-refractivity contribution is -0.274. The molecule has 1 aromatic heterocycles. The highest BCUT2D eigenvalue weighted by Gasteiger charge is 2.31. The third kappa shape index (κ3) is 4.83. The zero-order valence-electron chi connectivity index (χ0n) is 10.6. The third-order valence-electron chi connectivity index (χ3n) is 2.55. The van der Waals surface area contributed by atoms with Crippen LogP contribution in [-0.4, -0.2) is 22.5 Å². The molecule has 0 saturated carbocycles. The molecule has 0 saturated heterocycles. The average molecular weight is 285 g/mol. The largest absolute Gasteiger partial charge is 0.573 e. The van der Waals surface area contributed by atoms with Crippen molar-refractivity contribution in [2.45, 2.75) is 19.3 Å². The summed E-state index contributed by atoms with van der Waals surface area (Å²) in [6, 6.07) is 5.80. The van der Waals surface area contributed by atoms with Crippen molar-refractivity contribution >= 4 is 5.69 Å². The summed E-state index contributed by atoms with van der Waals surface area (Å²) in [6.45, 7) is 1.44. The van der Waals surface area contributed by atoms with Crippen LogP contribution in [-0.2, 0) is 6.54 Å². The number of anilines is 1. The maximum Gasteiger partial charge on any atom is 0.573 e. The Labute approximate surface area is 114 Å². The fourth-order valence-corrected chi connectivity index (χ4v) is 1.72. The molecule has 0 aliphatic rings. The van der Waals surface area contributed by atoms with E-state index < -0.39 is 6.36 Å². The highest BCUT2D eigenvalue weighted by molar-refractivity contribution is 5.48. The van der Waals surface area contributed by atoms with Crippen LogP contribution in [0.4, 0.5) is 18.9 Å². The Morgan fingerprint density at radius 1 is 1.30 bits per heavy atom. The summed E-state index contributed by atoms with van der Waals surface area (Å²) in [5.41, 5.74) is 0.595. The molecule has 1 N–H and O–H groups in total. The lowest BCUT2D eigenvalue weighted by atomic mass is 10.3. The molecule has 20 heavy (non-hydrogen) atoms. The topological polar surface area (TPSA) is 39.1 Å². The second-order valence-electron chi connectivity index (χ2n) is 4.16. The number of ether oxygens (including phenoxy) is 1. The molecule has 0 fully saturated rings. The van der Waals surface area contributed by atoms with Gasteiger partial charge in [0.15, 0.2) is 0 Å². The van der Waals surface area contributed by atoms with E-state index in [-0.39, 0.29) is 5.75 Å². The van der Waals surface area contributed by atoms with Gasteiger partial charge in [-0.1, -0.05) is 6.07 Å². The number of benzene rings is 1. The van der Waals surface area contributed by atoms with Gasteiger partial charge in [-0.2, -0.15) is 0 Å². The van der Waals surface area contributed by atoms with Crippen molar-refractivity contribution in [2.24, 2.45) is 0 Å². The zero-order valence-corrected chi connectivity index (χ0v) is 10.6. The van der Waals surface area contributed by atoms with Crippen LogP contribution in [0.2, 0.25) is 0 Å². The first-order valence-electron chi connectivity index (χ1n) is 6.08. The van der Waals surface area contributed by atoms with E-state index in [1.165, 1.54) is 18.2 Å². The molecule has 0 aliphatic carbocycles. The monoisotopic (exact) mass is 285 g/mol. The number of alkyl halides is 3. The molecule has 0 bridgehead atoms. The van der Waals surface area contributed by atoms with Crippen LogP contribution >= 0.6 is 0 Å². The number of imidazole rings is 1. The lowest BCUT2D eigenvalue weighted by Gasteiger charge is -2.11. The molecule has 0 unspecified atom stereocenters. The predicted octanol–water partition coefficient (Wildman–Crippen LogP) is 3.28. The van der Waals surface area contributed by atoms with Gasteiger partial charge in [-0.3, -0.25) is 0 Å². The third-order valence-corrected chi connectivity index (χ3v) is 2.55. The quantitative estimate of drug-likeness (QED) is 0.828. The number of aromatic nitrogens is 2. The summed E-state index contributed by atoms with van der Waals surface area (Å²) in [6.07, 6.45) is 1.45. The van der Waals surface area contributed by atoms with E-state index in [0.29, 0.717) is 12.2 Å². The van der Waals surface area contributed by atoms with Crippen LogP contribution in [0.15, 0.2) is 43.0 Å². The van der Waals surface area contributed by atoms with Crippen molar-refractivity contribution in [1.82, 2.24) is 9.55 Å². The van der Waals surface area contributed by atoms with Gasteiger partial charge in [0, 0.05) is 37.2 Å². The number of nitrogens with zero attached hydrogens (tertiary/aromatic N) is 2. The number of hydrogen-bond acceptors (Lipinski definition) is 3. The molecule has 2 rings (SSSR count). The maximum absolute atomic E-state index is 12.1. The van der Waals surface area contributed by atoms with Crippen LogP contribution in [0, 0.1) is 0 Å². The van der Waals surface area contributed by atoms with Crippen molar-refractivity contribution < 1.29 is 17.9 Å². The van der Waals surface area contributed by atoms with E-state index in [4.69, 9.17) is 0 Å². The molecule has 2 aromatic rings. The van der Waals surface area contributed by atoms with Gasteiger partial charge in [0.25, 0.3) is 0 Å². The molecule has 0 amide bonds. The van der Waals surface area contributed by atoms with Gasteiger partial charge in [0.05, 0.1) is 6.33 Å². The Balaban J connectivity index is 1.79. The first-order valence-corrected chi connectivity index (χ1v) is 6.08. The van der Waals surface area contributed by atoms with Crippen LogP contribution < -0.4 is 10.1 Å². The Morgan fingerprint density at radius 2 is 2.15 bits per heavy atom. The Hall–Kier alpha value is -2.18. The molecule has 0 radical (unpaired) electrons. The minimum absolute atomic E-state index is 0.225. The Bertz CT molecular complexity index is 526. The Morgan fingerprint density at radius 3 is 2.85 bits per heavy atom. The smallest absolute Gasteiger partial charge is 0.406 e. The van der Waals surface area contributed by atoms with Gasteiger partial charge in [0.1, 0.15) is 5.75 Å². The summed E-state index contributed by atoms with van der Waals surface area (Å²) in [4.78, 5) is 3.92. The van der Waals surface area contributed by atoms with Crippen LogP contribution in [0.1, 0.15) is 6.42 Å².